The van der Waals surface area contributed by atoms with Crippen molar-refractivity contribution < 1.29 is 27.5 Å². The largest absolute Gasteiger partial charge is 0.419 e. The summed E-state index contributed by atoms with van der Waals surface area (Å²) in [6.45, 7) is 2.17. The van der Waals surface area contributed by atoms with Crippen molar-refractivity contribution in [2.45, 2.75) is 25.9 Å². The van der Waals surface area contributed by atoms with Crippen molar-refractivity contribution in [3.63, 3.8) is 0 Å². The van der Waals surface area contributed by atoms with Gasteiger partial charge >= 0.3 is 6.18 Å². The summed E-state index contributed by atoms with van der Waals surface area (Å²) in [6, 6.07) is 2.14. The van der Waals surface area contributed by atoms with E-state index in [0.717, 1.165) is 6.07 Å². The number of benzene rings is 1. The molecule has 3 nitrogen and oxygen atoms in total. The Morgan fingerprint density at radius 3 is 2.62 bits per heavy atom. The molecule has 0 saturated carbocycles. The average Bonchev–Trinajstić information content (AvgIpc) is 2.42. The van der Waals surface area contributed by atoms with Gasteiger partial charge in [0.25, 0.3) is 5.91 Å². The molecule has 0 aliphatic heterocycles. The fourth-order valence-electron chi connectivity index (χ4n) is 1.73. The monoisotopic (exact) mass is 307 g/mol. The van der Waals surface area contributed by atoms with E-state index in [1.807, 2.05) is 6.92 Å². The molecule has 1 amide bonds. The third-order valence-corrected chi connectivity index (χ3v) is 3.00. The van der Waals surface area contributed by atoms with Gasteiger partial charge in [0.2, 0.25) is 0 Å². The summed E-state index contributed by atoms with van der Waals surface area (Å²) in [5.41, 5.74) is -1.69. The van der Waals surface area contributed by atoms with E-state index < -0.39 is 23.5 Å². The molecular formula is C14H17F4NO2. The number of carbonyl (C=O) groups excluding carboxylic acids is 1. The normalized spacial score (nSPS) is 13.0. The van der Waals surface area contributed by atoms with Gasteiger partial charge in [-0.1, -0.05) is 6.92 Å². The molecule has 1 aromatic carbocycles. The maximum atomic E-state index is 13.1. The molecule has 0 fully saturated rings. The number of hydrogen-bond acceptors (Lipinski definition) is 2. The molecule has 0 heterocycles. The Bertz CT molecular complexity index is 488. The summed E-state index contributed by atoms with van der Waals surface area (Å²) in [6.07, 6.45) is -3.55. The Labute approximate surface area is 120 Å². The van der Waals surface area contributed by atoms with Crippen LogP contribution >= 0.6 is 0 Å². The molecule has 2 N–H and O–H groups in total. The maximum Gasteiger partial charge on any atom is 0.419 e. The quantitative estimate of drug-likeness (QED) is 0.627. The predicted octanol–water partition coefficient (Wildman–Crippen LogP) is 2.98. The number of nitrogens with one attached hydrogen (secondary N) is 1. The summed E-state index contributed by atoms with van der Waals surface area (Å²) in [5.74, 6) is -1.99. The summed E-state index contributed by atoms with van der Waals surface area (Å²) >= 11 is 0. The van der Waals surface area contributed by atoms with Crippen molar-refractivity contribution >= 4 is 5.91 Å². The first-order valence-electron chi connectivity index (χ1n) is 6.51. The number of hydrogen-bond donors (Lipinski definition) is 2. The van der Waals surface area contributed by atoms with E-state index in [-0.39, 0.29) is 24.6 Å². The van der Waals surface area contributed by atoms with Crippen LogP contribution in [0.1, 0.15) is 35.7 Å². The highest BCUT2D eigenvalue weighted by atomic mass is 19.4. The van der Waals surface area contributed by atoms with Crippen LogP contribution in [0.4, 0.5) is 17.6 Å². The minimum absolute atomic E-state index is 0.0425. The van der Waals surface area contributed by atoms with Gasteiger partial charge in [-0.05, 0) is 37.0 Å². The van der Waals surface area contributed by atoms with E-state index in [0.29, 0.717) is 25.0 Å². The van der Waals surface area contributed by atoms with E-state index in [9.17, 15) is 22.4 Å². The van der Waals surface area contributed by atoms with Crippen molar-refractivity contribution in [3.8, 4) is 0 Å². The van der Waals surface area contributed by atoms with Crippen LogP contribution in [0.2, 0.25) is 0 Å². The van der Waals surface area contributed by atoms with Crippen molar-refractivity contribution in [3.05, 3.63) is 35.1 Å². The topological polar surface area (TPSA) is 49.3 Å². The lowest BCUT2D eigenvalue weighted by Gasteiger charge is -2.11. The van der Waals surface area contributed by atoms with Gasteiger partial charge in [0.05, 0.1) is 5.56 Å². The summed E-state index contributed by atoms with van der Waals surface area (Å²) < 4.78 is 50.7. The van der Waals surface area contributed by atoms with E-state index in [2.05, 4.69) is 5.32 Å². The van der Waals surface area contributed by atoms with Gasteiger partial charge < -0.3 is 10.4 Å². The zero-order chi connectivity index (χ0) is 16.0. The van der Waals surface area contributed by atoms with Gasteiger partial charge in [-0.2, -0.15) is 13.2 Å². The number of aliphatic hydroxyl groups is 1. The van der Waals surface area contributed by atoms with Gasteiger partial charge in [-0.3, -0.25) is 4.79 Å². The highest BCUT2D eigenvalue weighted by Gasteiger charge is 2.34. The van der Waals surface area contributed by atoms with Gasteiger partial charge in [0, 0.05) is 18.7 Å². The van der Waals surface area contributed by atoms with Crippen molar-refractivity contribution in [1.82, 2.24) is 5.32 Å². The second-order valence-electron chi connectivity index (χ2n) is 4.88. The van der Waals surface area contributed by atoms with Gasteiger partial charge in [0.15, 0.2) is 0 Å². The third kappa shape index (κ3) is 5.34. The molecule has 0 saturated heterocycles. The molecule has 0 radical (unpaired) electrons. The van der Waals surface area contributed by atoms with Crippen LogP contribution in [0.25, 0.3) is 0 Å². The Kier molecular flexibility index (Phi) is 6.14. The van der Waals surface area contributed by atoms with Crippen LogP contribution in [-0.2, 0) is 6.18 Å². The van der Waals surface area contributed by atoms with E-state index >= 15 is 0 Å². The van der Waals surface area contributed by atoms with Crippen LogP contribution in [0.3, 0.4) is 0 Å². The highest BCUT2D eigenvalue weighted by Crippen LogP contribution is 2.31. The fourth-order valence-corrected chi connectivity index (χ4v) is 1.73. The standard InChI is InChI=1S/C14H17F4NO2/c1-9(8-20)3-2-6-19-13(21)10-4-5-12(15)11(7-10)14(16,17)18/h4-5,7,9,20H,2-3,6,8H2,1H3,(H,19,21). The SMILES string of the molecule is CC(CO)CCCNC(=O)c1ccc(F)c(C(F)(F)F)c1. The van der Waals surface area contributed by atoms with Crippen LogP contribution < -0.4 is 5.32 Å². The Morgan fingerprint density at radius 1 is 1.38 bits per heavy atom. The lowest BCUT2D eigenvalue weighted by Crippen LogP contribution is -2.25. The maximum absolute atomic E-state index is 13.1. The molecule has 0 bridgehead atoms. The molecule has 1 unspecified atom stereocenters. The molecule has 21 heavy (non-hydrogen) atoms. The number of carbonyl (C=O) groups is 1. The Hall–Kier alpha value is -1.63. The molecule has 0 aromatic heterocycles. The second kappa shape index (κ2) is 7.40. The number of aliphatic hydroxyl groups excluding tert-OH is 1. The minimum atomic E-state index is -4.84. The molecule has 1 atom stereocenters. The van der Waals surface area contributed by atoms with Crippen LogP contribution in [0.15, 0.2) is 18.2 Å². The van der Waals surface area contributed by atoms with Gasteiger partial charge in [-0.25, -0.2) is 4.39 Å². The molecule has 0 aliphatic rings. The summed E-state index contributed by atoms with van der Waals surface area (Å²) in [4.78, 5) is 11.7. The van der Waals surface area contributed by atoms with Crippen LogP contribution in [0, 0.1) is 11.7 Å². The fraction of sp³-hybridized carbons (Fsp3) is 0.500. The summed E-state index contributed by atoms with van der Waals surface area (Å²) in [7, 11) is 0. The minimum Gasteiger partial charge on any atom is -0.396 e. The van der Waals surface area contributed by atoms with E-state index in [1.54, 1.807) is 0 Å². The zero-order valence-corrected chi connectivity index (χ0v) is 11.5. The average molecular weight is 307 g/mol. The second-order valence-corrected chi connectivity index (χ2v) is 4.88. The number of halogens is 4. The predicted molar refractivity (Wildman–Crippen MR) is 69.2 cm³/mol. The first-order chi connectivity index (χ1) is 9.75. The molecule has 7 heteroatoms. The Morgan fingerprint density at radius 2 is 2.05 bits per heavy atom. The Balaban J connectivity index is 2.63. The third-order valence-electron chi connectivity index (χ3n) is 3.00. The van der Waals surface area contributed by atoms with Crippen LogP contribution in [-0.4, -0.2) is 24.2 Å². The molecule has 0 spiro atoms. The van der Waals surface area contributed by atoms with E-state index in [1.165, 1.54) is 0 Å². The van der Waals surface area contributed by atoms with Crippen molar-refractivity contribution in [2.24, 2.45) is 5.92 Å². The number of amides is 1. The lowest BCUT2D eigenvalue weighted by atomic mass is 10.1. The summed E-state index contributed by atoms with van der Waals surface area (Å²) in [5, 5.41) is 11.3. The number of rotatable bonds is 6. The lowest BCUT2D eigenvalue weighted by molar-refractivity contribution is -0.140. The molecule has 118 valence electrons. The van der Waals surface area contributed by atoms with Crippen molar-refractivity contribution in [1.29, 1.82) is 0 Å². The van der Waals surface area contributed by atoms with Crippen LogP contribution in [0.5, 0.6) is 0 Å². The van der Waals surface area contributed by atoms with Gasteiger partial charge in [0.1, 0.15) is 5.82 Å². The molecular weight excluding hydrogens is 290 g/mol. The van der Waals surface area contributed by atoms with Gasteiger partial charge in [-0.15, -0.1) is 0 Å². The number of alkyl halides is 3. The smallest absolute Gasteiger partial charge is 0.396 e. The first kappa shape index (κ1) is 17.4. The zero-order valence-electron chi connectivity index (χ0n) is 11.5. The first-order valence-corrected chi connectivity index (χ1v) is 6.51. The van der Waals surface area contributed by atoms with Crippen molar-refractivity contribution in [2.75, 3.05) is 13.2 Å². The molecule has 1 rings (SSSR count). The van der Waals surface area contributed by atoms with E-state index in [4.69, 9.17) is 5.11 Å². The molecule has 0 aliphatic carbocycles. The molecule has 1 aromatic rings. The highest BCUT2D eigenvalue weighted by molar-refractivity contribution is 5.94.